The predicted octanol–water partition coefficient (Wildman–Crippen LogP) is -0.213. The van der Waals surface area contributed by atoms with E-state index in [4.69, 9.17) is 15.8 Å². The number of nitrogens with one attached hydrogen (secondary N) is 2. The van der Waals surface area contributed by atoms with E-state index in [1.54, 1.807) is 4.90 Å². The van der Waals surface area contributed by atoms with Crippen LogP contribution in [0.2, 0.25) is 5.02 Å². The van der Waals surface area contributed by atoms with Gasteiger partial charge in [0.1, 0.15) is 5.02 Å². The van der Waals surface area contributed by atoms with Crippen LogP contribution >= 0.6 is 11.6 Å². The Labute approximate surface area is 119 Å². The van der Waals surface area contributed by atoms with Crippen molar-refractivity contribution >= 4 is 21.7 Å². The van der Waals surface area contributed by atoms with Gasteiger partial charge in [-0.25, -0.2) is 8.98 Å². The van der Waals surface area contributed by atoms with Gasteiger partial charge in [-0.1, -0.05) is 11.6 Å². The number of H-pyrrole nitrogens is 2. The normalized spacial score (nSPS) is 18.3. The minimum Gasteiger partial charge on any atom is -0.306 e. The Morgan fingerprint density at radius 1 is 1.25 bits per heavy atom. The highest BCUT2D eigenvalue weighted by Crippen LogP contribution is 2.28. The third-order valence-electron chi connectivity index (χ3n) is 2.90. The fraction of sp³-hybridized carbons (Fsp3) is 0.600. The van der Waals surface area contributed by atoms with E-state index in [1.165, 1.54) is 0 Å². The second kappa shape index (κ2) is 5.68. The van der Waals surface area contributed by atoms with Crippen LogP contribution in [0.25, 0.3) is 0 Å². The van der Waals surface area contributed by atoms with Gasteiger partial charge in [0.15, 0.2) is 6.23 Å². The molecule has 1 aromatic heterocycles. The van der Waals surface area contributed by atoms with E-state index < -0.39 is 27.6 Å². The Kier molecular flexibility index (Phi) is 4.33. The van der Waals surface area contributed by atoms with Crippen LogP contribution in [-0.4, -0.2) is 42.6 Å². The van der Waals surface area contributed by atoms with E-state index >= 15 is 0 Å². The van der Waals surface area contributed by atoms with E-state index in [0.29, 0.717) is 13.1 Å². The number of halogens is 1. The summed E-state index contributed by atoms with van der Waals surface area (Å²) in [5, 5.41) is -0.287. The van der Waals surface area contributed by atoms with Crippen LogP contribution in [0.1, 0.15) is 24.8 Å². The van der Waals surface area contributed by atoms with Crippen LogP contribution in [0.5, 0.6) is 0 Å². The van der Waals surface area contributed by atoms with Crippen molar-refractivity contribution in [3.05, 3.63) is 31.6 Å². The zero-order valence-corrected chi connectivity index (χ0v) is 12.3. The quantitative estimate of drug-likeness (QED) is 0.741. The first-order chi connectivity index (χ1) is 9.28. The van der Waals surface area contributed by atoms with Gasteiger partial charge >= 0.3 is 5.69 Å². The lowest BCUT2D eigenvalue weighted by molar-refractivity contribution is 0.0451. The van der Waals surface area contributed by atoms with Crippen molar-refractivity contribution in [3.63, 3.8) is 0 Å². The summed E-state index contributed by atoms with van der Waals surface area (Å²) in [6.07, 6.45) is 1.54. The van der Waals surface area contributed by atoms with E-state index in [9.17, 15) is 18.0 Å². The lowest BCUT2D eigenvalue weighted by atomic mass is 10.3. The molecule has 0 bridgehead atoms. The van der Waals surface area contributed by atoms with Crippen molar-refractivity contribution in [2.75, 3.05) is 19.3 Å². The van der Waals surface area contributed by atoms with Crippen molar-refractivity contribution in [3.8, 4) is 0 Å². The molecule has 1 aliphatic rings. The Morgan fingerprint density at radius 2 is 1.85 bits per heavy atom. The highest BCUT2D eigenvalue weighted by atomic mass is 35.5. The molecule has 0 amide bonds. The molecule has 1 atom stereocenters. The van der Waals surface area contributed by atoms with Crippen molar-refractivity contribution in [1.29, 1.82) is 0 Å². The Hall–Kier alpha value is -1.16. The SMILES string of the molecule is CS(=O)(=O)OC(c1[nH]c(=O)[nH]c(=O)c1Cl)N1CCCC1. The average molecular weight is 324 g/mol. The molecule has 10 heteroatoms. The van der Waals surface area contributed by atoms with Crippen LogP contribution in [0, 0.1) is 0 Å². The third kappa shape index (κ3) is 3.48. The number of rotatable bonds is 4. The summed E-state index contributed by atoms with van der Waals surface area (Å²) in [7, 11) is -3.79. The lowest BCUT2D eigenvalue weighted by Crippen LogP contribution is -2.34. The molecule has 0 aliphatic carbocycles. The van der Waals surface area contributed by atoms with Gasteiger partial charge in [0.2, 0.25) is 0 Å². The van der Waals surface area contributed by atoms with E-state index in [2.05, 4.69) is 4.98 Å². The zero-order chi connectivity index (χ0) is 14.9. The molecule has 8 nitrogen and oxygen atoms in total. The standard InChI is InChI=1S/C10H14ClN3O5S/c1-20(17,18)19-9(14-4-2-3-5-14)7-6(11)8(15)13-10(16)12-7/h9H,2-5H2,1H3,(H2,12,13,15,16). The predicted molar refractivity (Wildman–Crippen MR) is 72.2 cm³/mol. The highest BCUT2D eigenvalue weighted by Gasteiger charge is 2.30. The van der Waals surface area contributed by atoms with Crippen LogP contribution in [-0.2, 0) is 14.3 Å². The topological polar surface area (TPSA) is 112 Å². The Balaban J connectivity index is 2.50. The third-order valence-corrected chi connectivity index (χ3v) is 3.80. The number of hydrogen-bond acceptors (Lipinski definition) is 6. The minimum atomic E-state index is -3.79. The Morgan fingerprint density at radius 3 is 2.40 bits per heavy atom. The number of aromatic amines is 2. The molecule has 2 N–H and O–H groups in total. The van der Waals surface area contributed by atoms with Gasteiger partial charge in [-0.15, -0.1) is 0 Å². The molecule has 1 unspecified atom stereocenters. The summed E-state index contributed by atoms with van der Waals surface area (Å²) in [5.41, 5.74) is -1.60. The van der Waals surface area contributed by atoms with Crippen LogP contribution in [0.3, 0.4) is 0 Å². The highest BCUT2D eigenvalue weighted by molar-refractivity contribution is 7.86. The zero-order valence-electron chi connectivity index (χ0n) is 10.7. The average Bonchev–Trinajstić information content (AvgIpc) is 2.83. The molecule has 0 aromatic carbocycles. The minimum absolute atomic E-state index is 0.0484. The van der Waals surface area contributed by atoms with Gasteiger partial charge in [-0.3, -0.25) is 14.7 Å². The number of nitrogens with zero attached hydrogens (tertiary/aromatic N) is 1. The molecular formula is C10H14ClN3O5S. The largest absolute Gasteiger partial charge is 0.326 e. The second-order valence-electron chi connectivity index (χ2n) is 4.53. The maximum absolute atomic E-state index is 11.5. The maximum Gasteiger partial charge on any atom is 0.326 e. The van der Waals surface area contributed by atoms with Gasteiger partial charge < -0.3 is 4.98 Å². The van der Waals surface area contributed by atoms with Gasteiger partial charge in [-0.2, -0.15) is 8.42 Å². The summed E-state index contributed by atoms with van der Waals surface area (Å²) < 4.78 is 27.8. The molecule has 1 aliphatic heterocycles. The van der Waals surface area contributed by atoms with Crippen LogP contribution in [0.15, 0.2) is 9.59 Å². The molecule has 0 radical (unpaired) electrons. The molecular weight excluding hydrogens is 310 g/mol. The molecule has 1 saturated heterocycles. The van der Waals surface area contributed by atoms with Crippen LogP contribution in [0.4, 0.5) is 0 Å². The number of likely N-dealkylation sites (tertiary alicyclic amines) is 1. The molecule has 2 heterocycles. The molecule has 20 heavy (non-hydrogen) atoms. The van der Waals surface area contributed by atoms with Gasteiger partial charge in [0.05, 0.1) is 11.9 Å². The van der Waals surface area contributed by atoms with Crippen molar-refractivity contribution in [2.24, 2.45) is 0 Å². The van der Waals surface area contributed by atoms with E-state index in [1.807, 2.05) is 4.98 Å². The fourth-order valence-corrected chi connectivity index (χ4v) is 2.83. The molecule has 0 spiro atoms. The smallest absolute Gasteiger partial charge is 0.306 e. The first kappa shape index (κ1) is 15.2. The fourth-order valence-electron chi connectivity index (χ4n) is 2.09. The van der Waals surface area contributed by atoms with E-state index in [0.717, 1.165) is 19.1 Å². The van der Waals surface area contributed by atoms with Crippen molar-refractivity contribution < 1.29 is 12.6 Å². The maximum atomic E-state index is 11.5. The summed E-state index contributed by atoms with van der Waals surface area (Å²) in [5.74, 6) is 0. The molecule has 1 aromatic rings. The van der Waals surface area contributed by atoms with Gasteiger partial charge in [0, 0.05) is 13.1 Å². The number of aromatic nitrogens is 2. The summed E-state index contributed by atoms with van der Waals surface area (Å²) in [6.45, 7) is 1.18. The van der Waals surface area contributed by atoms with Crippen molar-refractivity contribution in [2.45, 2.75) is 19.1 Å². The van der Waals surface area contributed by atoms with E-state index in [-0.39, 0.29) is 10.7 Å². The van der Waals surface area contributed by atoms with Crippen molar-refractivity contribution in [1.82, 2.24) is 14.9 Å². The van der Waals surface area contributed by atoms with Gasteiger partial charge in [-0.05, 0) is 12.8 Å². The summed E-state index contributed by atoms with van der Waals surface area (Å²) in [6, 6.07) is 0. The monoisotopic (exact) mass is 323 g/mol. The Bertz CT molecular complexity index is 704. The lowest BCUT2D eigenvalue weighted by Gasteiger charge is -2.26. The molecule has 2 rings (SSSR count). The molecule has 1 fully saturated rings. The molecule has 0 saturated carbocycles. The number of hydrogen-bond donors (Lipinski definition) is 2. The second-order valence-corrected chi connectivity index (χ2v) is 6.51. The summed E-state index contributed by atoms with van der Waals surface area (Å²) >= 11 is 5.85. The first-order valence-electron chi connectivity index (χ1n) is 5.92. The molecule has 112 valence electrons. The first-order valence-corrected chi connectivity index (χ1v) is 8.11. The summed E-state index contributed by atoms with van der Waals surface area (Å²) in [4.78, 5) is 28.9. The van der Waals surface area contributed by atoms with Crippen LogP contribution < -0.4 is 11.2 Å². The van der Waals surface area contributed by atoms with Gasteiger partial charge in [0.25, 0.3) is 15.7 Å².